The summed E-state index contributed by atoms with van der Waals surface area (Å²) in [5.41, 5.74) is 4.00. The zero-order valence-electron chi connectivity index (χ0n) is 26.9. The summed E-state index contributed by atoms with van der Waals surface area (Å²) in [5.74, 6) is 3.00. The number of hydrogen-bond acceptors (Lipinski definition) is 6. The van der Waals surface area contributed by atoms with E-state index in [1.165, 1.54) is 50.7 Å². The van der Waals surface area contributed by atoms with Crippen molar-refractivity contribution in [2.75, 3.05) is 25.0 Å². The maximum atomic E-state index is 13.4. The number of nitrogens with zero attached hydrogens (tertiary/aromatic N) is 5. The standard InChI is InChI=1S/C35H48FN7O2/c1-4-24-15-29(33-39-40-41-42(33)3)17-31(16-24)38-34(45)37-23(2)32(44)21-43(11-5-6-25-7-9-30(36)10-8-25)22-35-18-26-12-27(19-35)14-28(13-26)20-35/h7-10,15-17,23,26-28,32,44H,4-6,11-14,18-22H2,1-3H3,(H2,37,38,45)/t23-,26?,27?,28?,32-,35?/m0/s1. The summed E-state index contributed by atoms with van der Waals surface area (Å²) in [6, 6.07) is 11.8. The molecule has 2 amide bonds. The van der Waals surface area contributed by atoms with Gasteiger partial charge in [0.25, 0.3) is 0 Å². The molecule has 4 aliphatic rings. The number of urea groups is 1. The Morgan fingerprint density at radius 3 is 2.40 bits per heavy atom. The second-order valence-corrected chi connectivity index (χ2v) is 14.2. The van der Waals surface area contributed by atoms with E-state index in [9.17, 15) is 14.3 Å². The Labute approximate surface area is 266 Å². The first-order valence-electron chi connectivity index (χ1n) is 16.8. The summed E-state index contributed by atoms with van der Waals surface area (Å²) < 4.78 is 15.0. The van der Waals surface area contributed by atoms with Crippen molar-refractivity contribution in [2.24, 2.45) is 30.2 Å². The van der Waals surface area contributed by atoms with Crippen LogP contribution in [-0.4, -0.2) is 68.0 Å². The molecule has 0 saturated heterocycles. The molecule has 10 heteroatoms. The third-order valence-electron chi connectivity index (χ3n) is 10.5. The maximum Gasteiger partial charge on any atom is 0.319 e. The number of halogens is 1. The van der Waals surface area contributed by atoms with Crippen LogP contribution >= 0.6 is 0 Å². The molecule has 1 heterocycles. The number of rotatable bonds is 13. The zero-order chi connectivity index (χ0) is 31.6. The number of amides is 2. The summed E-state index contributed by atoms with van der Waals surface area (Å²) in [7, 11) is 1.78. The van der Waals surface area contributed by atoms with Gasteiger partial charge < -0.3 is 20.6 Å². The van der Waals surface area contributed by atoms with Crippen LogP contribution in [-0.2, 0) is 19.9 Å². The molecule has 4 aliphatic carbocycles. The summed E-state index contributed by atoms with van der Waals surface area (Å²) in [6.07, 6.45) is 10.0. The monoisotopic (exact) mass is 617 g/mol. The zero-order valence-corrected chi connectivity index (χ0v) is 26.9. The van der Waals surface area contributed by atoms with E-state index in [4.69, 9.17) is 0 Å². The molecular weight excluding hydrogens is 569 g/mol. The molecular formula is C35H48FN7O2. The first-order valence-corrected chi connectivity index (χ1v) is 16.8. The number of nitrogens with one attached hydrogen (secondary N) is 2. The lowest BCUT2D eigenvalue weighted by Crippen LogP contribution is -2.54. The molecule has 7 rings (SSSR count). The number of benzene rings is 2. The molecule has 4 fully saturated rings. The smallest absolute Gasteiger partial charge is 0.319 e. The highest BCUT2D eigenvalue weighted by Crippen LogP contribution is 2.60. The molecule has 4 saturated carbocycles. The van der Waals surface area contributed by atoms with Crippen LogP contribution in [0.4, 0.5) is 14.9 Å². The van der Waals surface area contributed by atoms with Crippen molar-refractivity contribution in [3.05, 3.63) is 59.4 Å². The van der Waals surface area contributed by atoms with E-state index in [1.807, 2.05) is 37.3 Å². The van der Waals surface area contributed by atoms with Gasteiger partial charge in [0.05, 0.1) is 12.1 Å². The molecule has 242 valence electrons. The van der Waals surface area contributed by atoms with E-state index in [0.29, 0.717) is 23.5 Å². The van der Waals surface area contributed by atoms with Gasteiger partial charge in [-0.3, -0.25) is 0 Å². The highest BCUT2D eigenvalue weighted by atomic mass is 19.1. The molecule has 3 N–H and O–H groups in total. The molecule has 45 heavy (non-hydrogen) atoms. The molecule has 9 nitrogen and oxygen atoms in total. The second kappa shape index (κ2) is 13.5. The van der Waals surface area contributed by atoms with Crippen molar-refractivity contribution in [1.82, 2.24) is 30.4 Å². The van der Waals surface area contributed by atoms with E-state index in [-0.39, 0.29) is 11.8 Å². The van der Waals surface area contributed by atoms with E-state index in [0.717, 1.165) is 66.8 Å². The second-order valence-electron chi connectivity index (χ2n) is 14.2. The normalized spacial score (nSPS) is 25.0. The van der Waals surface area contributed by atoms with Crippen molar-refractivity contribution >= 4 is 11.7 Å². The van der Waals surface area contributed by atoms with Crippen LogP contribution in [0.15, 0.2) is 42.5 Å². The highest BCUT2D eigenvalue weighted by Gasteiger charge is 2.51. The lowest BCUT2D eigenvalue weighted by Gasteiger charge is -2.58. The number of carbonyl (C=O) groups excluding carboxylic acids is 1. The predicted molar refractivity (Wildman–Crippen MR) is 173 cm³/mol. The first kappa shape index (κ1) is 31.6. The SMILES string of the molecule is CCc1cc(NC(=O)N[C@@H](C)[C@@H](O)CN(CCCc2ccc(F)cc2)CC23CC4CC(CC(C4)C2)C3)cc(-c2nnnn2C)c1. The molecule has 1 aromatic heterocycles. The fraction of sp³-hybridized carbons (Fsp3) is 0.600. The summed E-state index contributed by atoms with van der Waals surface area (Å²) in [6.45, 7) is 6.29. The number of aryl methyl sites for hydroxylation is 3. The average Bonchev–Trinajstić information content (AvgIpc) is 3.42. The molecule has 2 atom stereocenters. The van der Waals surface area contributed by atoms with Crippen molar-refractivity contribution in [1.29, 1.82) is 0 Å². The Kier molecular flexibility index (Phi) is 9.52. The third kappa shape index (κ3) is 7.72. The van der Waals surface area contributed by atoms with Crippen LogP contribution in [0.25, 0.3) is 11.4 Å². The molecule has 0 aliphatic heterocycles. The number of aliphatic hydroxyl groups is 1. The number of aliphatic hydroxyl groups excluding tert-OH is 1. The number of tetrazole rings is 1. The van der Waals surface area contributed by atoms with Gasteiger partial charge in [0.2, 0.25) is 0 Å². The van der Waals surface area contributed by atoms with Crippen molar-refractivity contribution < 1.29 is 14.3 Å². The van der Waals surface area contributed by atoms with Crippen LogP contribution in [0.2, 0.25) is 0 Å². The minimum absolute atomic E-state index is 0.211. The fourth-order valence-electron chi connectivity index (χ4n) is 8.81. The number of aromatic nitrogens is 4. The van der Waals surface area contributed by atoms with Gasteiger partial charge in [-0.15, -0.1) is 5.10 Å². The minimum Gasteiger partial charge on any atom is -0.390 e. The fourth-order valence-corrected chi connectivity index (χ4v) is 8.81. The van der Waals surface area contributed by atoms with Gasteiger partial charge in [-0.2, -0.15) is 0 Å². The molecule has 3 aromatic rings. The van der Waals surface area contributed by atoms with Crippen LogP contribution < -0.4 is 10.6 Å². The van der Waals surface area contributed by atoms with Gasteiger partial charge in [0.15, 0.2) is 5.82 Å². The maximum absolute atomic E-state index is 13.4. The van der Waals surface area contributed by atoms with Crippen LogP contribution in [0.3, 0.4) is 0 Å². The molecule has 4 bridgehead atoms. The summed E-state index contributed by atoms with van der Waals surface area (Å²) in [5, 5.41) is 29.1. The lowest BCUT2D eigenvalue weighted by molar-refractivity contribution is -0.0737. The lowest BCUT2D eigenvalue weighted by atomic mass is 9.49. The summed E-state index contributed by atoms with van der Waals surface area (Å²) >= 11 is 0. The van der Waals surface area contributed by atoms with E-state index in [1.54, 1.807) is 11.7 Å². The van der Waals surface area contributed by atoms with Gasteiger partial charge in [-0.1, -0.05) is 19.1 Å². The largest absolute Gasteiger partial charge is 0.390 e. The first-order chi connectivity index (χ1) is 21.7. The van der Waals surface area contributed by atoms with Gasteiger partial charge in [-0.25, -0.2) is 13.9 Å². The van der Waals surface area contributed by atoms with E-state index < -0.39 is 12.1 Å². The Balaban J connectivity index is 1.08. The topological polar surface area (TPSA) is 108 Å². The van der Waals surface area contributed by atoms with Gasteiger partial charge in [-0.05, 0) is 146 Å². The predicted octanol–water partition coefficient (Wildman–Crippen LogP) is 5.60. The van der Waals surface area contributed by atoms with Crippen LogP contribution in [0.1, 0.15) is 69.9 Å². The third-order valence-corrected chi connectivity index (χ3v) is 10.5. The van der Waals surface area contributed by atoms with Crippen LogP contribution in [0.5, 0.6) is 0 Å². The molecule has 0 radical (unpaired) electrons. The molecule has 2 aromatic carbocycles. The van der Waals surface area contributed by atoms with Gasteiger partial charge in [0.1, 0.15) is 5.82 Å². The number of anilines is 1. The Morgan fingerprint density at radius 2 is 1.78 bits per heavy atom. The quantitative estimate of drug-likeness (QED) is 0.231. The minimum atomic E-state index is -0.724. The van der Waals surface area contributed by atoms with Crippen LogP contribution in [0, 0.1) is 29.0 Å². The summed E-state index contributed by atoms with van der Waals surface area (Å²) in [4.78, 5) is 15.6. The molecule has 0 spiro atoms. The molecule has 0 unspecified atom stereocenters. The number of carbonyl (C=O) groups is 1. The van der Waals surface area contributed by atoms with Gasteiger partial charge >= 0.3 is 6.03 Å². The van der Waals surface area contributed by atoms with Gasteiger partial charge in [0, 0.05) is 31.4 Å². The number of hydrogen-bond donors (Lipinski definition) is 3. The Bertz CT molecular complexity index is 1420. The van der Waals surface area contributed by atoms with Crippen molar-refractivity contribution in [3.63, 3.8) is 0 Å². The Hall–Kier alpha value is -3.37. The van der Waals surface area contributed by atoms with E-state index >= 15 is 0 Å². The highest BCUT2D eigenvalue weighted by molar-refractivity contribution is 5.90. The average molecular weight is 618 g/mol. The van der Waals surface area contributed by atoms with Crippen molar-refractivity contribution in [2.45, 2.75) is 83.8 Å². The Morgan fingerprint density at radius 1 is 1.09 bits per heavy atom. The van der Waals surface area contributed by atoms with Crippen molar-refractivity contribution in [3.8, 4) is 11.4 Å². The van der Waals surface area contributed by atoms with E-state index in [2.05, 4.69) is 38.0 Å².